The lowest BCUT2D eigenvalue weighted by Crippen LogP contribution is -2.37. The summed E-state index contributed by atoms with van der Waals surface area (Å²) in [6.45, 7) is 6.57. The monoisotopic (exact) mass is 414 g/mol. The first-order chi connectivity index (χ1) is 14.0. The standard InChI is InChI=1S/C22H30N4O2S/c1-4-5-9-17-15-7-6-8-16(15)18-19-20(29-22(18)25-17)21(24-12-23-19)26(10-13(2)27)11-14(3)28/h12-14,27-28H,4-11H2,1-3H3/t13-,14+. The van der Waals surface area contributed by atoms with Gasteiger partial charge in [-0.1, -0.05) is 13.3 Å². The summed E-state index contributed by atoms with van der Waals surface area (Å²) in [5, 5.41) is 21.1. The summed E-state index contributed by atoms with van der Waals surface area (Å²) in [6, 6.07) is 0. The predicted molar refractivity (Wildman–Crippen MR) is 119 cm³/mol. The van der Waals surface area contributed by atoms with Crippen LogP contribution >= 0.6 is 11.3 Å². The largest absolute Gasteiger partial charge is 0.392 e. The molecule has 0 saturated carbocycles. The fourth-order valence-corrected chi connectivity index (χ4v) is 5.62. The molecule has 3 heterocycles. The molecule has 0 aliphatic heterocycles. The number of pyridine rings is 1. The topological polar surface area (TPSA) is 82.4 Å². The maximum Gasteiger partial charge on any atom is 0.150 e. The van der Waals surface area contributed by atoms with Crippen LogP contribution in [-0.2, 0) is 19.3 Å². The van der Waals surface area contributed by atoms with Gasteiger partial charge in [0.25, 0.3) is 0 Å². The molecule has 29 heavy (non-hydrogen) atoms. The molecule has 0 radical (unpaired) electrons. The highest BCUT2D eigenvalue weighted by Gasteiger charge is 2.25. The van der Waals surface area contributed by atoms with Gasteiger partial charge in [0.2, 0.25) is 0 Å². The molecule has 3 aromatic heterocycles. The van der Waals surface area contributed by atoms with E-state index in [2.05, 4.69) is 16.9 Å². The van der Waals surface area contributed by atoms with E-state index in [9.17, 15) is 10.2 Å². The number of thiophene rings is 1. The molecule has 4 rings (SSSR count). The van der Waals surface area contributed by atoms with E-state index in [-0.39, 0.29) is 0 Å². The Morgan fingerprint density at radius 1 is 1.10 bits per heavy atom. The summed E-state index contributed by atoms with van der Waals surface area (Å²) in [6.07, 6.45) is 7.33. The summed E-state index contributed by atoms with van der Waals surface area (Å²) >= 11 is 1.64. The van der Waals surface area contributed by atoms with Crippen LogP contribution in [0.4, 0.5) is 5.82 Å². The second-order valence-electron chi connectivity index (χ2n) is 8.23. The molecule has 0 amide bonds. The van der Waals surface area contributed by atoms with Gasteiger partial charge in [-0.3, -0.25) is 0 Å². The average Bonchev–Trinajstić information content (AvgIpc) is 3.28. The van der Waals surface area contributed by atoms with E-state index in [1.165, 1.54) is 35.0 Å². The second-order valence-corrected chi connectivity index (χ2v) is 9.23. The Bertz CT molecular complexity index is 1010. The summed E-state index contributed by atoms with van der Waals surface area (Å²) in [4.78, 5) is 17.3. The second kappa shape index (κ2) is 8.50. The minimum atomic E-state index is -0.517. The van der Waals surface area contributed by atoms with E-state index in [0.29, 0.717) is 13.1 Å². The van der Waals surface area contributed by atoms with Crippen molar-refractivity contribution in [3.8, 4) is 0 Å². The number of aliphatic hydroxyl groups excluding tert-OH is 2. The lowest BCUT2D eigenvalue weighted by atomic mass is 10.0. The molecule has 0 fully saturated rings. The summed E-state index contributed by atoms with van der Waals surface area (Å²) in [7, 11) is 0. The van der Waals surface area contributed by atoms with Crippen molar-refractivity contribution in [2.45, 2.75) is 71.5 Å². The van der Waals surface area contributed by atoms with Crippen molar-refractivity contribution >= 4 is 37.6 Å². The molecule has 0 saturated heterocycles. The van der Waals surface area contributed by atoms with Crippen LogP contribution in [0.25, 0.3) is 20.4 Å². The zero-order chi connectivity index (χ0) is 20.5. The molecule has 0 aromatic carbocycles. The van der Waals surface area contributed by atoms with Crippen molar-refractivity contribution < 1.29 is 10.2 Å². The number of fused-ring (bicyclic) bond motifs is 5. The zero-order valence-electron chi connectivity index (χ0n) is 17.5. The quantitative estimate of drug-likeness (QED) is 0.586. The van der Waals surface area contributed by atoms with Crippen molar-refractivity contribution in [3.63, 3.8) is 0 Å². The van der Waals surface area contributed by atoms with E-state index in [0.717, 1.165) is 46.5 Å². The smallest absolute Gasteiger partial charge is 0.150 e. The molecule has 3 aromatic rings. The van der Waals surface area contributed by atoms with Crippen LogP contribution in [0.1, 0.15) is 56.9 Å². The number of aliphatic hydroxyl groups is 2. The lowest BCUT2D eigenvalue weighted by molar-refractivity contribution is 0.178. The Morgan fingerprint density at radius 2 is 1.83 bits per heavy atom. The van der Waals surface area contributed by atoms with Crippen molar-refractivity contribution in [2.24, 2.45) is 0 Å². The van der Waals surface area contributed by atoms with Crippen LogP contribution < -0.4 is 4.90 Å². The van der Waals surface area contributed by atoms with Gasteiger partial charge >= 0.3 is 0 Å². The molecule has 2 atom stereocenters. The van der Waals surface area contributed by atoms with Gasteiger partial charge in [-0.05, 0) is 57.1 Å². The Morgan fingerprint density at radius 3 is 2.52 bits per heavy atom. The van der Waals surface area contributed by atoms with E-state index in [1.54, 1.807) is 31.5 Å². The minimum absolute atomic E-state index is 0.415. The first-order valence-electron chi connectivity index (χ1n) is 10.7. The highest BCUT2D eigenvalue weighted by Crippen LogP contribution is 2.42. The molecule has 0 spiro atoms. The van der Waals surface area contributed by atoms with Gasteiger partial charge in [0.15, 0.2) is 0 Å². The van der Waals surface area contributed by atoms with Crippen molar-refractivity contribution in [2.75, 3.05) is 18.0 Å². The Kier molecular flexibility index (Phi) is 5.99. The third-order valence-electron chi connectivity index (χ3n) is 5.57. The molecule has 7 heteroatoms. The maximum absolute atomic E-state index is 9.98. The molecule has 2 N–H and O–H groups in total. The number of aromatic nitrogens is 3. The van der Waals surface area contributed by atoms with E-state index in [1.807, 2.05) is 4.90 Å². The highest BCUT2D eigenvalue weighted by atomic mass is 32.1. The number of aryl methyl sites for hydroxylation is 2. The van der Waals surface area contributed by atoms with Crippen molar-refractivity contribution in [1.29, 1.82) is 0 Å². The fourth-order valence-electron chi connectivity index (χ4n) is 4.43. The van der Waals surface area contributed by atoms with E-state index in [4.69, 9.17) is 4.98 Å². The highest BCUT2D eigenvalue weighted by molar-refractivity contribution is 7.26. The normalized spacial score (nSPS) is 15.8. The SMILES string of the molecule is CCCCc1nc2sc3c(N(C[C@H](C)O)C[C@@H](C)O)ncnc3c2c2c1CCC2. The molecular formula is C22H30N4O2S. The number of hydrogen-bond acceptors (Lipinski definition) is 7. The number of anilines is 1. The summed E-state index contributed by atoms with van der Waals surface area (Å²) in [5.41, 5.74) is 5.09. The van der Waals surface area contributed by atoms with Crippen molar-refractivity contribution in [3.05, 3.63) is 23.1 Å². The summed E-state index contributed by atoms with van der Waals surface area (Å²) < 4.78 is 0.998. The van der Waals surface area contributed by atoms with Crippen LogP contribution in [-0.4, -0.2) is 50.5 Å². The maximum atomic E-state index is 9.98. The van der Waals surface area contributed by atoms with Crippen LogP contribution in [0.3, 0.4) is 0 Å². The first kappa shape index (κ1) is 20.4. The number of nitrogens with zero attached hydrogens (tertiary/aromatic N) is 4. The van der Waals surface area contributed by atoms with Gasteiger partial charge in [-0.2, -0.15) is 0 Å². The first-order valence-corrected chi connectivity index (χ1v) is 11.5. The van der Waals surface area contributed by atoms with Gasteiger partial charge < -0.3 is 15.1 Å². The van der Waals surface area contributed by atoms with Gasteiger partial charge in [0, 0.05) is 24.2 Å². The summed E-state index contributed by atoms with van der Waals surface area (Å²) in [5.74, 6) is 0.779. The fraction of sp³-hybridized carbons (Fsp3) is 0.591. The zero-order valence-corrected chi connectivity index (χ0v) is 18.3. The van der Waals surface area contributed by atoms with Crippen LogP contribution in [0, 0.1) is 0 Å². The van der Waals surface area contributed by atoms with Gasteiger partial charge in [0.05, 0.1) is 22.4 Å². The molecule has 6 nitrogen and oxygen atoms in total. The molecule has 1 aliphatic carbocycles. The molecule has 1 aliphatic rings. The van der Waals surface area contributed by atoms with Crippen molar-refractivity contribution in [1.82, 2.24) is 15.0 Å². The number of hydrogen-bond donors (Lipinski definition) is 2. The van der Waals surface area contributed by atoms with Crippen LogP contribution in [0.5, 0.6) is 0 Å². The molecule has 156 valence electrons. The number of unbranched alkanes of at least 4 members (excludes halogenated alkanes) is 1. The van der Waals surface area contributed by atoms with E-state index < -0.39 is 12.2 Å². The van der Waals surface area contributed by atoms with E-state index >= 15 is 0 Å². The Hall–Kier alpha value is -1.83. The third-order valence-corrected chi connectivity index (χ3v) is 6.64. The molecular weight excluding hydrogens is 384 g/mol. The lowest BCUT2D eigenvalue weighted by Gasteiger charge is -2.26. The number of rotatable bonds is 8. The Labute approximate surface area is 175 Å². The van der Waals surface area contributed by atoms with Crippen LogP contribution in [0.2, 0.25) is 0 Å². The van der Waals surface area contributed by atoms with Crippen LogP contribution in [0.15, 0.2) is 6.33 Å². The molecule has 0 unspecified atom stereocenters. The van der Waals surface area contributed by atoms with Gasteiger partial charge in [-0.25, -0.2) is 15.0 Å². The Balaban J connectivity index is 1.90. The molecule has 0 bridgehead atoms. The average molecular weight is 415 g/mol. The third kappa shape index (κ3) is 3.96. The minimum Gasteiger partial charge on any atom is -0.392 e. The predicted octanol–water partition coefficient (Wildman–Crippen LogP) is 3.64. The van der Waals surface area contributed by atoms with Gasteiger partial charge in [0.1, 0.15) is 17.0 Å². The van der Waals surface area contributed by atoms with Gasteiger partial charge in [-0.15, -0.1) is 11.3 Å².